The summed E-state index contributed by atoms with van der Waals surface area (Å²) >= 11 is 0. The second-order valence-electron chi connectivity index (χ2n) is 9.35. The monoisotopic (exact) mass is 548 g/mol. The van der Waals surface area contributed by atoms with Gasteiger partial charge in [-0.2, -0.15) is 4.98 Å². The highest BCUT2D eigenvalue weighted by molar-refractivity contribution is 5.97. The zero-order valence-electron chi connectivity index (χ0n) is 22.0. The molecular weight excluding hydrogens is 522 g/mol. The third-order valence-electron chi connectivity index (χ3n) is 6.96. The number of carbonyl (C=O) groups is 1. The predicted molar refractivity (Wildman–Crippen MR) is 142 cm³/mol. The standard InChI is InChI=1S/C29H26F2N4O5/c1-16-10-11-17(14-32-16)26-33-27(36)24(29(38)35(26)25-21(39-2)8-5-9-22(25)40-3)28(37)34-13-12-18(15-34)23-19(30)6-4-7-20(23)31/h4-11,14,18,38H,12-13,15H2,1-3H3. The number of aromatic hydroxyl groups is 1. The molecule has 1 fully saturated rings. The molecule has 0 aliphatic carbocycles. The van der Waals surface area contributed by atoms with Crippen LogP contribution in [0.25, 0.3) is 17.1 Å². The number of likely N-dealkylation sites (tertiary alicyclic amines) is 1. The maximum atomic E-state index is 14.4. The summed E-state index contributed by atoms with van der Waals surface area (Å²) in [4.78, 5) is 36.7. The van der Waals surface area contributed by atoms with E-state index in [-0.39, 0.29) is 48.1 Å². The van der Waals surface area contributed by atoms with E-state index < -0.39 is 40.5 Å². The third kappa shape index (κ3) is 4.63. The van der Waals surface area contributed by atoms with Crippen LogP contribution in [0.2, 0.25) is 0 Å². The van der Waals surface area contributed by atoms with Crippen LogP contribution < -0.4 is 15.0 Å². The molecule has 1 unspecified atom stereocenters. The smallest absolute Gasteiger partial charge is 0.290 e. The number of methoxy groups -OCH3 is 2. The summed E-state index contributed by atoms with van der Waals surface area (Å²) in [5.41, 5.74) is -0.358. The number of ether oxygens (including phenoxy) is 2. The van der Waals surface area contributed by atoms with Gasteiger partial charge in [-0.25, -0.2) is 8.78 Å². The van der Waals surface area contributed by atoms with Gasteiger partial charge in [0.05, 0.1) is 14.2 Å². The van der Waals surface area contributed by atoms with Gasteiger partial charge < -0.3 is 19.5 Å². The summed E-state index contributed by atoms with van der Waals surface area (Å²) in [5.74, 6) is -2.98. The van der Waals surface area contributed by atoms with Crippen LogP contribution in [-0.2, 0) is 0 Å². The Morgan fingerprint density at radius 2 is 1.68 bits per heavy atom. The molecule has 2 aromatic carbocycles. The van der Waals surface area contributed by atoms with E-state index >= 15 is 0 Å². The molecule has 0 saturated carbocycles. The number of nitrogens with zero attached hydrogens (tertiary/aromatic N) is 4. The molecule has 4 aromatic rings. The molecule has 3 heterocycles. The molecule has 0 radical (unpaired) electrons. The number of rotatable bonds is 6. The second-order valence-corrected chi connectivity index (χ2v) is 9.35. The van der Waals surface area contributed by atoms with Crippen LogP contribution in [0, 0.1) is 18.6 Å². The number of hydrogen-bond acceptors (Lipinski definition) is 7. The van der Waals surface area contributed by atoms with Gasteiger partial charge in [-0.1, -0.05) is 12.1 Å². The summed E-state index contributed by atoms with van der Waals surface area (Å²) in [6.45, 7) is 1.87. The minimum Gasteiger partial charge on any atom is -0.494 e. The van der Waals surface area contributed by atoms with Crippen molar-refractivity contribution in [3.05, 3.63) is 93.5 Å². The molecule has 1 amide bonds. The first kappa shape index (κ1) is 26.8. The molecule has 1 saturated heterocycles. The fourth-order valence-electron chi connectivity index (χ4n) is 4.99. The average Bonchev–Trinajstić information content (AvgIpc) is 3.42. The van der Waals surface area contributed by atoms with Crippen molar-refractivity contribution in [2.24, 2.45) is 0 Å². The van der Waals surface area contributed by atoms with Gasteiger partial charge in [0.1, 0.15) is 28.8 Å². The first-order valence-electron chi connectivity index (χ1n) is 12.5. The van der Waals surface area contributed by atoms with Gasteiger partial charge in [-0.3, -0.25) is 19.1 Å². The van der Waals surface area contributed by atoms with Crippen molar-refractivity contribution >= 4 is 5.91 Å². The van der Waals surface area contributed by atoms with E-state index in [9.17, 15) is 23.5 Å². The van der Waals surface area contributed by atoms with Gasteiger partial charge in [0.15, 0.2) is 11.4 Å². The summed E-state index contributed by atoms with van der Waals surface area (Å²) in [6, 6.07) is 11.9. The van der Waals surface area contributed by atoms with Crippen molar-refractivity contribution < 1.29 is 28.2 Å². The molecule has 1 atom stereocenters. The molecule has 1 aliphatic heterocycles. The number of hydrogen-bond donors (Lipinski definition) is 1. The van der Waals surface area contributed by atoms with Crippen molar-refractivity contribution in [1.82, 2.24) is 19.4 Å². The number of para-hydroxylation sites is 1. The molecule has 5 rings (SSSR count). The number of amides is 1. The maximum absolute atomic E-state index is 14.4. The van der Waals surface area contributed by atoms with E-state index in [1.54, 1.807) is 37.3 Å². The molecule has 0 spiro atoms. The Kier molecular flexibility index (Phi) is 7.20. The number of benzene rings is 2. The molecule has 0 bridgehead atoms. The van der Waals surface area contributed by atoms with Gasteiger partial charge in [-0.15, -0.1) is 0 Å². The normalized spacial score (nSPS) is 14.8. The van der Waals surface area contributed by atoms with E-state index in [1.807, 2.05) is 0 Å². The molecule has 40 heavy (non-hydrogen) atoms. The van der Waals surface area contributed by atoms with Crippen LogP contribution in [0.5, 0.6) is 17.4 Å². The number of aromatic nitrogens is 3. The summed E-state index contributed by atoms with van der Waals surface area (Å²) < 4.78 is 41.1. The minimum atomic E-state index is -0.969. The van der Waals surface area contributed by atoms with E-state index in [0.717, 1.165) is 17.8 Å². The Bertz CT molecular complexity index is 1610. The van der Waals surface area contributed by atoms with Crippen molar-refractivity contribution in [3.8, 4) is 34.5 Å². The minimum absolute atomic E-state index is 0.00192. The number of carbonyl (C=O) groups excluding carboxylic acids is 1. The Morgan fingerprint density at radius 3 is 2.27 bits per heavy atom. The number of pyridine rings is 1. The zero-order chi connectivity index (χ0) is 28.6. The molecule has 11 heteroatoms. The highest BCUT2D eigenvalue weighted by Crippen LogP contribution is 2.39. The Balaban J connectivity index is 1.66. The van der Waals surface area contributed by atoms with E-state index in [0.29, 0.717) is 5.56 Å². The lowest BCUT2D eigenvalue weighted by Gasteiger charge is -2.22. The second kappa shape index (κ2) is 10.8. The van der Waals surface area contributed by atoms with Gasteiger partial charge >= 0.3 is 0 Å². The lowest BCUT2D eigenvalue weighted by molar-refractivity contribution is 0.0784. The fraction of sp³-hybridized carbons (Fsp3) is 0.241. The van der Waals surface area contributed by atoms with Crippen molar-refractivity contribution in [2.75, 3.05) is 27.3 Å². The Hall–Kier alpha value is -4.80. The quantitative estimate of drug-likeness (QED) is 0.384. The van der Waals surface area contributed by atoms with Gasteiger partial charge in [-0.05, 0) is 49.7 Å². The fourth-order valence-corrected chi connectivity index (χ4v) is 4.99. The van der Waals surface area contributed by atoms with Crippen molar-refractivity contribution in [1.29, 1.82) is 0 Å². The van der Waals surface area contributed by atoms with Gasteiger partial charge in [0, 0.05) is 42.0 Å². The molecule has 206 valence electrons. The van der Waals surface area contributed by atoms with Crippen LogP contribution in [0.3, 0.4) is 0 Å². The number of aryl methyl sites for hydroxylation is 1. The third-order valence-corrected chi connectivity index (χ3v) is 6.96. The average molecular weight is 549 g/mol. The highest BCUT2D eigenvalue weighted by Gasteiger charge is 2.35. The summed E-state index contributed by atoms with van der Waals surface area (Å²) in [6.07, 6.45) is 1.77. The number of halogens is 2. The van der Waals surface area contributed by atoms with E-state index in [4.69, 9.17) is 9.47 Å². The van der Waals surface area contributed by atoms with E-state index in [2.05, 4.69) is 9.97 Å². The van der Waals surface area contributed by atoms with Crippen LogP contribution in [0.1, 0.15) is 34.0 Å². The molecule has 1 N–H and O–H groups in total. The van der Waals surface area contributed by atoms with Crippen molar-refractivity contribution in [2.45, 2.75) is 19.3 Å². The zero-order valence-corrected chi connectivity index (χ0v) is 22.0. The molecule has 1 aliphatic rings. The summed E-state index contributed by atoms with van der Waals surface area (Å²) in [5, 5.41) is 11.6. The first-order chi connectivity index (χ1) is 19.2. The van der Waals surface area contributed by atoms with Crippen LogP contribution in [-0.4, -0.2) is 57.8 Å². The largest absolute Gasteiger partial charge is 0.494 e. The lowest BCUT2D eigenvalue weighted by Crippen LogP contribution is -2.34. The van der Waals surface area contributed by atoms with Crippen LogP contribution >= 0.6 is 0 Å². The highest BCUT2D eigenvalue weighted by atomic mass is 19.1. The Morgan fingerprint density at radius 1 is 1.02 bits per heavy atom. The SMILES string of the molecule is COc1cccc(OC)c1-n1c(-c2ccc(C)nc2)nc(=O)c(C(=O)N2CCC(c3c(F)cccc3F)C2)c1O. The first-order valence-corrected chi connectivity index (χ1v) is 12.5. The van der Waals surface area contributed by atoms with Crippen molar-refractivity contribution in [3.63, 3.8) is 0 Å². The van der Waals surface area contributed by atoms with Gasteiger partial charge in [0.25, 0.3) is 11.5 Å². The predicted octanol–water partition coefficient (Wildman–Crippen LogP) is 4.23. The molecular formula is C29H26F2N4O5. The summed E-state index contributed by atoms with van der Waals surface area (Å²) in [7, 11) is 2.85. The van der Waals surface area contributed by atoms with E-state index in [1.165, 1.54) is 35.9 Å². The van der Waals surface area contributed by atoms with Crippen LogP contribution in [0.4, 0.5) is 8.78 Å². The van der Waals surface area contributed by atoms with Gasteiger partial charge in [0.2, 0.25) is 5.88 Å². The molecule has 9 nitrogen and oxygen atoms in total. The molecule has 2 aromatic heterocycles. The maximum Gasteiger partial charge on any atom is 0.290 e. The topological polar surface area (TPSA) is 107 Å². The van der Waals surface area contributed by atoms with Crippen LogP contribution in [0.15, 0.2) is 59.5 Å². The lowest BCUT2D eigenvalue weighted by atomic mass is 9.97. The Labute approximate surface area is 228 Å².